The van der Waals surface area contributed by atoms with Crippen LogP contribution in [0.2, 0.25) is 0 Å². The van der Waals surface area contributed by atoms with E-state index in [1.54, 1.807) is 12.0 Å². The minimum Gasteiger partial charge on any atom is -0.497 e. The monoisotopic (exact) mass is 414 g/mol. The Hall–Kier alpha value is -2.71. The summed E-state index contributed by atoms with van der Waals surface area (Å²) in [6, 6.07) is 9.65. The summed E-state index contributed by atoms with van der Waals surface area (Å²) in [5, 5.41) is 0. The highest BCUT2D eigenvalue weighted by atomic mass is 32.1. The van der Waals surface area contributed by atoms with E-state index in [1.807, 2.05) is 56.1 Å². The number of aromatic amines is 1. The summed E-state index contributed by atoms with van der Waals surface area (Å²) in [6.07, 6.45) is 0. The van der Waals surface area contributed by atoms with Gasteiger partial charge in [-0.25, -0.2) is 4.98 Å². The molecule has 0 aliphatic rings. The Morgan fingerprint density at radius 1 is 1.21 bits per heavy atom. The maximum Gasteiger partial charge on any atom is 0.268 e. The number of methoxy groups -OCH3 is 1. The Balaban J connectivity index is 1.80. The Labute approximate surface area is 173 Å². The number of amides is 1. The van der Waals surface area contributed by atoms with Crippen LogP contribution in [0.1, 0.15) is 19.7 Å². The van der Waals surface area contributed by atoms with E-state index in [0.29, 0.717) is 35.7 Å². The number of carbonyl (C=O) groups is 1. The SMILES string of the molecule is CCN(CC)C(=O)CN(C)Cc1nc2cc(-c3ccc(OC)cc3)sc2c(=O)[nH]1. The van der Waals surface area contributed by atoms with Crippen molar-refractivity contribution < 1.29 is 9.53 Å². The van der Waals surface area contributed by atoms with Gasteiger partial charge in [-0.05, 0) is 56.8 Å². The average molecular weight is 415 g/mol. The molecule has 0 spiro atoms. The molecular weight excluding hydrogens is 388 g/mol. The molecule has 7 nitrogen and oxygen atoms in total. The second-order valence-electron chi connectivity index (χ2n) is 6.80. The maximum atomic E-state index is 12.6. The van der Waals surface area contributed by atoms with Gasteiger partial charge in [-0.3, -0.25) is 14.5 Å². The van der Waals surface area contributed by atoms with Crippen LogP contribution in [0.5, 0.6) is 5.75 Å². The van der Waals surface area contributed by atoms with Gasteiger partial charge in [-0.2, -0.15) is 0 Å². The van der Waals surface area contributed by atoms with Crippen molar-refractivity contribution in [3.8, 4) is 16.2 Å². The van der Waals surface area contributed by atoms with Crippen molar-refractivity contribution >= 4 is 27.5 Å². The van der Waals surface area contributed by atoms with Gasteiger partial charge in [-0.1, -0.05) is 0 Å². The lowest BCUT2D eigenvalue weighted by Crippen LogP contribution is -2.38. The number of thiophene rings is 1. The minimum atomic E-state index is -0.154. The molecule has 0 aliphatic carbocycles. The number of carbonyl (C=O) groups excluding carboxylic acids is 1. The number of nitrogens with zero attached hydrogens (tertiary/aromatic N) is 3. The molecule has 3 aromatic rings. The quantitative estimate of drug-likeness (QED) is 0.613. The van der Waals surface area contributed by atoms with Crippen LogP contribution in [0.3, 0.4) is 0 Å². The number of H-pyrrole nitrogens is 1. The van der Waals surface area contributed by atoms with Gasteiger partial charge in [0.2, 0.25) is 5.91 Å². The van der Waals surface area contributed by atoms with E-state index in [1.165, 1.54) is 11.3 Å². The standard InChI is InChI=1S/C21H26N4O3S/c1-5-25(6-2)19(26)13-24(3)12-18-22-16-11-17(29-20(16)21(27)23-18)14-7-9-15(28-4)10-8-14/h7-11H,5-6,12-13H2,1-4H3,(H,22,23,27). The highest BCUT2D eigenvalue weighted by Gasteiger charge is 2.15. The third-order valence-electron chi connectivity index (χ3n) is 4.75. The van der Waals surface area contributed by atoms with E-state index >= 15 is 0 Å². The first kappa shape index (κ1) is 21.0. The van der Waals surface area contributed by atoms with Gasteiger partial charge in [0.1, 0.15) is 16.3 Å². The highest BCUT2D eigenvalue weighted by Crippen LogP contribution is 2.31. The number of likely N-dealkylation sites (N-methyl/N-ethyl adjacent to an activating group) is 2. The summed E-state index contributed by atoms with van der Waals surface area (Å²) in [5.41, 5.74) is 1.53. The molecule has 0 fully saturated rings. The van der Waals surface area contributed by atoms with E-state index < -0.39 is 0 Å². The lowest BCUT2D eigenvalue weighted by molar-refractivity contribution is -0.131. The van der Waals surface area contributed by atoms with Gasteiger partial charge >= 0.3 is 0 Å². The Morgan fingerprint density at radius 3 is 2.52 bits per heavy atom. The van der Waals surface area contributed by atoms with Gasteiger partial charge in [0.15, 0.2) is 0 Å². The van der Waals surface area contributed by atoms with Gasteiger partial charge in [0, 0.05) is 18.0 Å². The van der Waals surface area contributed by atoms with Crippen LogP contribution in [-0.2, 0) is 11.3 Å². The van der Waals surface area contributed by atoms with Crippen LogP contribution in [0.25, 0.3) is 20.7 Å². The molecule has 0 saturated carbocycles. The first-order valence-corrected chi connectivity index (χ1v) is 10.4. The molecule has 3 rings (SSSR count). The zero-order valence-electron chi connectivity index (χ0n) is 17.2. The summed E-state index contributed by atoms with van der Waals surface area (Å²) in [6.45, 7) is 5.98. The van der Waals surface area contributed by atoms with Crippen molar-refractivity contribution in [2.24, 2.45) is 0 Å². The molecular formula is C21H26N4O3S. The average Bonchev–Trinajstić information content (AvgIpc) is 3.13. The second kappa shape index (κ2) is 9.19. The van der Waals surface area contributed by atoms with E-state index in [0.717, 1.165) is 16.2 Å². The van der Waals surface area contributed by atoms with Crippen molar-refractivity contribution in [1.29, 1.82) is 0 Å². The molecule has 0 saturated heterocycles. The number of aromatic nitrogens is 2. The molecule has 29 heavy (non-hydrogen) atoms. The van der Waals surface area contributed by atoms with Crippen LogP contribution < -0.4 is 10.3 Å². The summed E-state index contributed by atoms with van der Waals surface area (Å²) >= 11 is 1.42. The molecule has 0 unspecified atom stereocenters. The van der Waals surface area contributed by atoms with Crippen LogP contribution >= 0.6 is 11.3 Å². The van der Waals surface area contributed by atoms with E-state index in [2.05, 4.69) is 9.97 Å². The van der Waals surface area contributed by atoms with Gasteiger partial charge in [-0.15, -0.1) is 11.3 Å². The smallest absolute Gasteiger partial charge is 0.268 e. The molecule has 0 atom stereocenters. The predicted molar refractivity (Wildman–Crippen MR) is 116 cm³/mol. The van der Waals surface area contributed by atoms with E-state index in [-0.39, 0.29) is 18.0 Å². The Bertz CT molecular complexity index is 1040. The summed E-state index contributed by atoms with van der Waals surface area (Å²) in [5.74, 6) is 1.41. The topological polar surface area (TPSA) is 78.5 Å². The predicted octanol–water partition coefficient (Wildman–Crippen LogP) is 2.96. The van der Waals surface area contributed by atoms with Gasteiger partial charge in [0.05, 0.1) is 25.7 Å². The zero-order chi connectivity index (χ0) is 21.0. The van der Waals surface area contributed by atoms with E-state index in [4.69, 9.17) is 4.74 Å². The molecule has 8 heteroatoms. The summed E-state index contributed by atoms with van der Waals surface area (Å²) in [7, 11) is 3.48. The molecule has 0 radical (unpaired) electrons. The van der Waals surface area contributed by atoms with Crippen LogP contribution in [-0.4, -0.2) is 59.5 Å². The van der Waals surface area contributed by atoms with Crippen molar-refractivity contribution in [1.82, 2.24) is 19.8 Å². The Kier molecular flexibility index (Phi) is 6.66. The minimum absolute atomic E-state index is 0.0678. The third kappa shape index (κ3) is 4.83. The third-order valence-corrected chi connectivity index (χ3v) is 5.92. The lowest BCUT2D eigenvalue weighted by atomic mass is 10.2. The number of ether oxygens (including phenoxy) is 1. The molecule has 154 valence electrons. The summed E-state index contributed by atoms with van der Waals surface area (Å²) < 4.78 is 5.80. The van der Waals surface area contributed by atoms with Crippen molar-refractivity contribution in [2.45, 2.75) is 20.4 Å². The number of hydrogen-bond acceptors (Lipinski definition) is 6. The van der Waals surface area contributed by atoms with Crippen molar-refractivity contribution in [2.75, 3.05) is 33.8 Å². The van der Waals surface area contributed by atoms with Gasteiger partial charge in [0.25, 0.3) is 5.56 Å². The number of rotatable bonds is 8. The lowest BCUT2D eigenvalue weighted by Gasteiger charge is -2.22. The number of nitrogens with one attached hydrogen (secondary N) is 1. The molecule has 1 aromatic carbocycles. The molecule has 0 bridgehead atoms. The largest absolute Gasteiger partial charge is 0.497 e. The molecule has 0 aliphatic heterocycles. The van der Waals surface area contributed by atoms with Crippen molar-refractivity contribution in [3.05, 3.63) is 46.5 Å². The first-order valence-electron chi connectivity index (χ1n) is 9.58. The number of hydrogen-bond donors (Lipinski definition) is 1. The molecule has 2 aromatic heterocycles. The first-order chi connectivity index (χ1) is 13.9. The number of fused-ring (bicyclic) bond motifs is 1. The molecule has 1 amide bonds. The second-order valence-corrected chi connectivity index (χ2v) is 7.86. The zero-order valence-corrected chi connectivity index (χ0v) is 18.0. The summed E-state index contributed by atoms with van der Waals surface area (Å²) in [4.78, 5) is 36.9. The Morgan fingerprint density at radius 2 is 1.90 bits per heavy atom. The van der Waals surface area contributed by atoms with E-state index in [9.17, 15) is 9.59 Å². The van der Waals surface area contributed by atoms with Crippen LogP contribution in [0, 0.1) is 0 Å². The van der Waals surface area contributed by atoms with Crippen LogP contribution in [0.4, 0.5) is 0 Å². The van der Waals surface area contributed by atoms with Crippen molar-refractivity contribution in [3.63, 3.8) is 0 Å². The van der Waals surface area contributed by atoms with Gasteiger partial charge < -0.3 is 14.6 Å². The van der Waals surface area contributed by atoms with Crippen LogP contribution in [0.15, 0.2) is 35.1 Å². The highest BCUT2D eigenvalue weighted by molar-refractivity contribution is 7.22. The molecule has 1 N–H and O–H groups in total. The maximum absolute atomic E-state index is 12.6. The fourth-order valence-corrected chi connectivity index (χ4v) is 4.18. The molecule has 2 heterocycles. The number of benzene rings is 1. The fourth-order valence-electron chi connectivity index (χ4n) is 3.18. The normalized spacial score (nSPS) is 11.2. The fraction of sp³-hybridized carbons (Fsp3) is 0.381.